The van der Waals surface area contributed by atoms with Crippen molar-refractivity contribution in [3.63, 3.8) is 0 Å². The van der Waals surface area contributed by atoms with Gasteiger partial charge in [-0.25, -0.2) is 0 Å². The molecule has 4 rings (SSSR count). The highest BCUT2D eigenvalue weighted by molar-refractivity contribution is 7.15. The smallest absolute Gasteiger partial charge is 0.269 e. The second-order valence-corrected chi connectivity index (χ2v) is 7.04. The molecule has 3 aromatic rings. The summed E-state index contributed by atoms with van der Waals surface area (Å²) in [6.45, 7) is 4.05. The van der Waals surface area contributed by atoms with Crippen molar-refractivity contribution in [2.75, 3.05) is 11.9 Å². The fraction of sp³-hybridized carbons (Fsp3) is 0.278. The highest BCUT2D eigenvalue weighted by atomic mass is 32.1. The average Bonchev–Trinajstić information content (AvgIpc) is 3.28. The first-order valence-corrected chi connectivity index (χ1v) is 9.08. The molecule has 1 N–H and O–H groups in total. The van der Waals surface area contributed by atoms with Gasteiger partial charge in [-0.2, -0.15) is 0 Å². The Hall–Kier alpha value is -2.87. The summed E-state index contributed by atoms with van der Waals surface area (Å²) in [5.74, 6) is 2.00. The van der Waals surface area contributed by atoms with E-state index < -0.39 is 6.10 Å². The van der Waals surface area contributed by atoms with Crippen LogP contribution < -0.4 is 14.8 Å². The van der Waals surface area contributed by atoms with E-state index in [2.05, 4.69) is 15.5 Å². The monoisotopic (exact) mass is 371 g/mol. The van der Waals surface area contributed by atoms with Gasteiger partial charge in [0.25, 0.3) is 11.8 Å². The maximum atomic E-state index is 12.6. The predicted octanol–water partition coefficient (Wildman–Crippen LogP) is 3.45. The first-order chi connectivity index (χ1) is 12.6. The quantitative estimate of drug-likeness (QED) is 0.756. The van der Waals surface area contributed by atoms with E-state index in [1.54, 1.807) is 6.07 Å². The molecule has 0 unspecified atom stereocenters. The molecule has 0 saturated carbocycles. The third-order valence-electron chi connectivity index (χ3n) is 3.96. The van der Waals surface area contributed by atoms with Crippen molar-refractivity contribution in [2.45, 2.75) is 26.4 Å². The largest absolute Gasteiger partial charge is 0.485 e. The van der Waals surface area contributed by atoms with E-state index in [9.17, 15) is 4.79 Å². The number of amides is 1. The fourth-order valence-corrected chi connectivity index (χ4v) is 3.47. The van der Waals surface area contributed by atoms with Crippen LogP contribution in [0.1, 0.15) is 17.7 Å². The van der Waals surface area contributed by atoms with Crippen LogP contribution in [0.3, 0.4) is 0 Å². The van der Waals surface area contributed by atoms with Crippen LogP contribution in [0, 0.1) is 6.92 Å². The number of ether oxygens (including phenoxy) is 2. The second kappa shape index (κ2) is 6.80. The van der Waals surface area contributed by atoms with E-state index in [4.69, 9.17) is 13.9 Å². The third kappa shape index (κ3) is 3.15. The molecular weight excluding hydrogens is 354 g/mol. The minimum atomic E-state index is -0.706. The van der Waals surface area contributed by atoms with Crippen LogP contribution in [0.5, 0.6) is 11.5 Å². The molecule has 134 valence electrons. The molecule has 1 amide bonds. The Kier molecular flexibility index (Phi) is 4.34. The van der Waals surface area contributed by atoms with E-state index in [1.807, 2.05) is 38.1 Å². The number of aromatic nitrogens is 2. The summed E-state index contributed by atoms with van der Waals surface area (Å²) in [7, 11) is 0. The summed E-state index contributed by atoms with van der Waals surface area (Å²) in [6.07, 6.45) is -0.0238. The summed E-state index contributed by atoms with van der Waals surface area (Å²) in [4.78, 5) is 14.3. The van der Waals surface area contributed by atoms with Gasteiger partial charge >= 0.3 is 0 Å². The van der Waals surface area contributed by atoms with Crippen LogP contribution in [-0.4, -0.2) is 28.8 Å². The Bertz CT molecular complexity index is 950. The van der Waals surface area contributed by atoms with Gasteiger partial charge in [0.05, 0.1) is 10.6 Å². The Labute approximate surface area is 154 Å². The van der Waals surface area contributed by atoms with E-state index in [-0.39, 0.29) is 12.5 Å². The normalized spacial score (nSPS) is 15.7. The summed E-state index contributed by atoms with van der Waals surface area (Å²) in [6, 6.07) is 9.13. The van der Waals surface area contributed by atoms with Crippen molar-refractivity contribution in [3.05, 3.63) is 41.1 Å². The molecule has 1 aliphatic heterocycles. The van der Waals surface area contributed by atoms with Crippen molar-refractivity contribution < 1.29 is 18.7 Å². The second-order valence-electron chi connectivity index (χ2n) is 5.79. The molecular formula is C18H17N3O4S. The summed E-state index contributed by atoms with van der Waals surface area (Å²) in [5.41, 5.74) is 0.703. The van der Waals surface area contributed by atoms with Gasteiger partial charge in [-0.15, -0.1) is 21.5 Å². The van der Waals surface area contributed by atoms with Gasteiger partial charge < -0.3 is 19.2 Å². The Morgan fingerprint density at radius 3 is 2.88 bits per heavy atom. The van der Waals surface area contributed by atoms with Crippen LogP contribution in [0.2, 0.25) is 0 Å². The van der Waals surface area contributed by atoms with Gasteiger partial charge in [0.1, 0.15) is 6.61 Å². The standard InChI is InChI=1S/C18H17N3O4S/c1-3-16-20-21-18(25-16)15-8-11(10(2)26-15)19-17(22)14-9-23-12-6-4-5-7-13(12)24-14/h4-8,14H,3,9H2,1-2H3,(H,19,22)/t14-/m1/s1. The maximum absolute atomic E-state index is 12.6. The molecule has 2 aromatic heterocycles. The number of fused-ring (bicyclic) bond motifs is 1. The number of anilines is 1. The van der Waals surface area contributed by atoms with Gasteiger partial charge in [0.15, 0.2) is 11.5 Å². The van der Waals surface area contributed by atoms with Crippen molar-refractivity contribution in [3.8, 4) is 22.3 Å². The highest BCUT2D eigenvalue weighted by Gasteiger charge is 2.28. The number of para-hydroxylation sites is 2. The number of nitrogens with zero attached hydrogens (tertiary/aromatic N) is 2. The molecule has 3 heterocycles. The van der Waals surface area contributed by atoms with Gasteiger partial charge in [0.2, 0.25) is 12.0 Å². The molecule has 1 aliphatic rings. The molecule has 0 saturated heterocycles. The molecule has 8 heteroatoms. The minimum absolute atomic E-state index is 0.169. The highest BCUT2D eigenvalue weighted by Crippen LogP contribution is 2.35. The Morgan fingerprint density at radius 1 is 1.31 bits per heavy atom. The van der Waals surface area contributed by atoms with Crippen LogP contribution >= 0.6 is 11.3 Å². The number of carbonyl (C=O) groups excluding carboxylic acids is 1. The molecule has 0 bridgehead atoms. The lowest BCUT2D eigenvalue weighted by Gasteiger charge is -2.25. The van der Waals surface area contributed by atoms with Crippen LogP contribution in [-0.2, 0) is 11.2 Å². The first kappa shape index (κ1) is 16.6. The summed E-state index contributed by atoms with van der Waals surface area (Å²) >= 11 is 1.49. The van der Waals surface area contributed by atoms with Gasteiger partial charge in [-0.05, 0) is 25.1 Å². The molecule has 0 radical (unpaired) electrons. The van der Waals surface area contributed by atoms with E-state index in [1.165, 1.54) is 11.3 Å². The van der Waals surface area contributed by atoms with E-state index >= 15 is 0 Å². The summed E-state index contributed by atoms with van der Waals surface area (Å²) in [5, 5.41) is 10.9. The van der Waals surface area contributed by atoms with Crippen molar-refractivity contribution >= 4 is 22.9 Å². The van der Waals surface area contributed by atoms with Gasteiger partial charge in [-0.1, -0.05) is 19.1 Å². The lowest BCUT2D eigenvalue weighted by Crippen LogP contribution is -2.40. The number of carbonyl (C=O) groups is 1. The Morgan fingerprint density at radius 2 is 2.12 bits per heavy atom. The lowest BCUT2D eigenvalue weighted by molar-refractivity contribution is -0.125. The predicted molar refractivity (Wildman–Crippen MR) is 96.7 cm³/mol. The van der Waals surface area contributed by atoms with Crippen molar-refractivity contribution in [1.29, 1.82) is 0 Å². The molecule has 0 fully saturated rings. The molecule has 1 aromatic carbocycles. The van der Waals surface area contributed by atoms with E-state index in [0.717, 1.165) is 9.75 Å². The zero-order chi connectivity index (χ0) is 18.1. The molecule has 7 nitrogen and oxygen atoms in total. The SMILES string of the molecule is CCc1nnc(-c2cc(NC(=O)[C@H]3COc4ccccc4O3)c(C)s2)o1. The number of thiophene rings is 1. The lowest BCUT2D eigenvalue weighted by atomic mass is 10.2. The third-order valence-corrected chi connectivity index (χ3v) is 5.00. The summed E-state index contributed by atoms with van der Waals surface area (Å²) < 4.78 is 16.9. The number of benzene rings is 1. The van der Waals surface area contributed by atoms with Crippen molar-refractivity contribution in [2.24, 2.45) is 0 Å². The Balaban J connectivity index is 1.48. The van der Waals surface area contributed by atoms with Gasteiger partial charge in [0, 0.05) is 11.3 Å². The first-order valence-electron chi connectivity index (χ1n) is 8.26. The topological polar surface area (TPSA) is 86.5 Å². The minimum Gasteiger partial charge on any atom is -0.485 e. The van der Waals surface area contributed by atoms with Gasteiger partial charge in [-0.3, -0.25) is 4.79 Å². The number of hydrogen-bond acceptors (Lipinski definition) is 7. The van der Waals surface area contributed by atoms with E-state index in [0.29, 0.717) is 35.4 Å². The zero-order valence-electron chi connectivity index (χ0n) is 14.3. The molecule has 26 heavy (non-hydrogen) atoms. The molecule has 1 atom stereocenters. The average molecular weight is 371 g/mol. The number of hydrogen-bond donors (Lipinski definition) is 1. The maximum Gasteiger partial charge on any atom is 0.269 e. The fourth-order valence-electron chi connectivity index (χ4n) is 2.57. The zero-order valence-corrected chi connectivity index (χ0v) is 15.1. The van der Waals surface area contributed by atoms with Crippen LogP contribution in [0.25, 0.3) is 10.8 Å². The number of rotatable bonds is 4. The number of aryl methyl sites for hydroxylation is 2. The molecule has 0 spiro atoms. The van der Waals surface area contributed by atoms with Crippen molar-refractivity contribution in [1.82, 2.24) is 10.2 Å². The van der Waals surface area contributed by atoms with Crippen LogP contribution in [0.4, 0.5) is 5.69 Å². The molecule has 0 aliphatic carbocycles. The van der Waals surface area contributed by atoms with Crippen LogP contribution in [0.15, 0.2) is 34.7 Å². The number of nitrogens with one attached hydrogen (secondary N) is 1.